The first-order chi connectivity index (χ1) is 9.75. The molecular formula is C14H14N2O4. The highest BCUT2D eigenvalue weighted by Gasteiger charge is 2.20. The molecule has 1 aromatic carbocycles. The zero-order chi connectivity index (χ0) is 13.9. The molecule has 6 nitrogen and oxygen atoms in total. The van der Waals surface area contributed by atoms with Crippen LogP contribution in [0.15, 0.2) is 24.4 Å². The number of rotatable bonds is 3. The first kappa shape index (κ1) is 13.0. The molecular weight excluding hydrogens is 260 g/mol. The Bertz CT molecular complexity index is 638. The molecule has 104 valence electrons. The molecule has 1 aliphatic heterocycles. The van der Waals surface area contributed by atoms with Gasteiger partial charge in [0.25, 0.3) is 0 Å². The van der Waals surface area contributed by atoms with E-state index in [1.807, 2.05) is 25.1 Å². The van der Waals surface area contributed by atoms with Gasteiger partial charge in [-0.1, -0.05) is 18.2 Å². The summed E-state index contributed by atoms with van der Waals surface area (Å²) in [6.07, 6.45) is 1.23. The molecule has 1 saturated heterocycles. The van der Waals surface area contributed by atoms with E-state index in [-0.39, 0.29) is 19.5 Å². The van der Waals surface area contributed by atoms with Crippen LogP contribution in [0, 0.1) is 6.92 Å². The number of aromatic nitrogens is 2. The van der Waals surface area contributed by atoms with E-state index in [4.69, 9.17) is 14.2 Å². The van der Waals surface area contributed by atoms with Crippen LogP contribution in [-0.4, -0.2) is 42.3 Å². The van der Waals surface area contributed by atoms with Crippen molar-refractivity contribution in [1.29, 1.82) is 0 Å². The highest BCUT2D eigenvalue weighted by Crippen LogP contribution is 2.19. The Morgan fingerprint density at radius 3 is 3.20 bits per heavy atom. The van der Waals surface area contributed by atoms with Gasteiger partial charge in [-0.05, 0) is 12.5 Å². The fourth-order valence-electron chi connectivity index (χ4n) is 2.10. The third kappa shape index (κ3) is 2.48. The monoisotopic (exact) mass is 274 g/mol. The Morgan fingerprint density at radius 2 is 2.40 bits per heavy atom. The topological polar surface area (TPSA) is 70.5 Å². The molecule has 1 unspecified atom stereocenters. The fourth-order valence-corrected chi connectivity index (χ4v) is 2.10. The lowest BCUT2D eigenvalue weighted by Crippen LogP contribution is -2.20. The minimum Gasteiger partial charge on any atom is -0.459 e. The third-order valence-electron chi connectivity index (χ3n) is 3.18. The predicted molar refractivity (Wildman–Crippen MR) is 70.2 cm³/mol. The number of esters is 1. The molecule has 1 aliphatic rings. The Morgan fingerprint density at radius 1 is 1.50 bits per heavy atom. The van der Waals surface area contributed by atoms with Gasteiger partial charge in [-0.25, -0.2) is 4.79 Å². The van der Waals surface area contributed by atoms with Gasteiger partial charge >= 0.3 is 5.97 Å². The van der Waals surface area contributed by atoms with Gasteiger partial charge in [0, 0.05) is 5.39 Å². The van der Waals surface area contributed by atoms with Crippen molar-refractivity contribution in [2.24, 2.45) is 0 Å². The molecule has 1 fully saturated rings. The van der Waals surface area contributed by atoms with E-state index in [0.29, 0.717) is 17.7 Å². The van der Waals surface area contributed by atoms with Gasteiger partial charge in [-0.15, -0.1) is 0 Å². The standard InChI is InChI=1S/C14H14N2O4/c1-9-3-2-4-11-12(5-15-16-13(9)11)14(17)19-7-10-6-18-8-20-10/h2-5,10H,6-8H2,1H3. The average Bonchev–Trinajstić information content (AvgIpc) is 2.98. The lowest BCUT2D eigenvalue weighted by atomic mass is 10.1. The minimum absolute atomic E-state index is 0.175. The molecule has 2 aromatic rings. The van der Waals surface area contributed by atoms with Crippen molar-refractivity contribution in [1.82, 2.24) is 10.2 Å². The number of carbonyl (C=O) groups excluding carboxylic acids is 1. The van der Waals surface area contributed by atoms with Crippen LogP contribution in [0.3, 0.4) is 0 Å². The summed E-state index contributed by atoms with van der Waals surface area (Å²) in [5.41, 5.74) is 2.09. The zero-order valence-electron chi connectivity index (χ0n) is 11.0. The largest absolute Gasteiger partial charge is 0.459 e. The summed E-state index contributed by atoms with van der Waals surface area (Å²) >= 11 is 0. The summed E-state index contributed by atoms with van der Waals surface area (Å²) in [6, 6.07) is 5.64. The first-order valence-electron chi connectivity index (χ1n) is 6.33. The number of ether oxygens (including phenoxy) is 3. The van der Waals surface area contributed by atoms with Gasteiger partial charge in [-0.2, -0.15) is 10.2 Å². The SMILES string of the molecule is Cc1cccc2c(C(=O)OCC3COCO3)cnnc12. The van der Waals surface area contributed by atoms with E-state index in [0.717, 1.165) is 10.9 Å². The van der Waals surface area contributed by atoms with Gasteiger partial charge in [0.1, 0.15) is 19.5 Å². The van der Waals surface area contributed by atoms with Crippen LogP contribution in [0.2, 0.25) is 0 Å². The van der Waals surface area contributed by atoms with Gasteiger partial charge in [-0.3, -0.25) is 0 Å². The second-order valence-corrected chi connectivity index (χ2v) is 4.61. The fraction of sp³-hybridized carbons (Fsp3) is 0.357. The number of aryl methyl sites for hydroxylation is 1. The van der Waals surface area contributed by atoms with E-state index in [9.17, 15) is 4.79 Å². The Balaban J connectivity index is 1.82. The summed E-state index contributed by atoms with van der Waals surface area (Å²) in [6.45, 7) is 2.80. The van der Waals surface area contributed by atoms with E-state index in [2.05, 4.69) is 10.2 Å². The second-order valence-electron chi connectivity index (χ2n) is 4.61. The molecule has 0 saturated carbocycles. The van der Waals surface area contributed by atoms with Crippen molar-refractivity contribution >= 4 is 16.9 Å². The Labute approximate surface area is 115 Å². The maximum atomic E-state index is 12.1. The normalized spacial score (nSPS) is 18.4. The van der Waals surface area contributed by atoms with Crippen molar-refractivity contribution in [3.63, 3.8) is 0 Å². The molecule has 2 heterocycles. The molecule has 1 aromatic heterocycles. The number of fused-ring (bicyclic) bond motifs is 1. The maximum absolute atomic E-state index is 12.1. The van der Waals surface area contributed by atoms with Crippen molar-refractivity contribution in [3.05, 3.63) is 35.5 Å². The van der Waals surface area contributed by atoms with Crippen LogP contribution in [0.5, 0.6) is 0 Å². The molecule has 0 spiro atoms. The molecule has 0 bridgehead atoms. The van der Waals surface area contributed by atoms with Gasteiger partial charge in [0.15, 0.2) is 0 Å². The number of nitrogens with zero attached hydrogens (tertiary/aromatic N) is 2. The molecule has 0 amide bonds. The maximum Gasteiger partial charge on any atom is 0.340 e. The minimum atomic E-state index is -0.425. The second kappa shape index (κ2) is 5.52. The van der Waals surface area contributed by atoms with Crippen LogP contribution in [-0.2, 0) is 14.2 Å². The van der Waals surface area contributed by atoms with Crippen molar-refractivity contribution in [2.75, 3.05) is 20.0 Å². The van der Waals surface area contributed by atoms with Crippen LogP contribution in [0.25, 0.3) is 10.9 Å². The van der Waals surface area contributed by atoms with Gasteiger partial charge in [0.05, 0.1) is 23.9 Å². The molecule has 20 heavy (non-hydrogen) atoms. The molecule has 6 heteroatoms. The lowest BCUT2D eigenvalue weighted by molar-refractivity contribution is 0.00778. The Hall–Kier alpha value is -2.05. The molecule has 0 N–H and O–H groups in total. The van der Waals surface area contributed by atoms with Crippen molar-refractivity contribution in [3.8, 4) is 0 Å². The van der Waals surface area contributed by atoms with E-state index < -0.39 is 5.97 Å². The summed E-state index contributed by atoms with van der Waals surface area (Å²) < 4.78 is 15.5. The number of carbonyl (C=O) groups is 1. The average molecular weight is 274 g/mol. The molecule has 3 rings (SSSR count). The van der Waals surface area contributed by atoms with Crippen molar-refractivity contribution in [2.45, 2.75) is 13.0 Å². The van der Waals surface area contributed by atoms with Crippen LogP contribution in [0.4, 0.5) is 0 Å². The number of hydrogen-bond acceptors (Lipinski definition) is 6. The predicted octanol–water partition coefficient (Wildman–Crippen LogP) is 1.47. The van der Waals surface area contributed by atoms with E-state index in [1.165, 1.54) is 6.20 Å². The van der Waals surface area contributed by atoms with Crippen LogP contribution < -0.4 is 0 Å². The Kier molecular flexibility index (Phi) is 3.58. The zero-order valence-corrected chi connectivity index (χ0v) is 11.0. The third-order valence-corrected chi connectivity index (χ3v) is 3.18. The number of hydrogen-bond donors (Lipinski definition) is 0. The molecule has 1 atom stereocenters. The summed E-state index contributed by atoms with van der Waals surface area (Å²) in [7, 11) is 0. The van der Waals surface area contributed by atoms with Crippen LogP contribution >= 0.6 is 0 Å². The first-order valence-corrected chi connectivity index (χ1v) is 6.33. The van der Waals surface area contributed by atoms with E-state index >= 15 is 0 Å². The van der Waals surface area contributed by atoms with Crippen molar-refractivity contribution < 1.29 is 19.0 Å². The smallest absolute Gasteiger partial charge is 0.340 e. The van der Waals surface area contributed by atoms with E-state index in [1.54, 1.807) is 0 Å². The highest BCUT2D eigenvalue weighted by atomic mass is 16.7. The van der Waals surface area contributed by atoms with Crippen LogP contribution in [0.1, 0.15) is 15.9 Å². The summed E-state index contributed by atoms with van der Waals surface area (Å²) in [5.74, 6) is -0.425. The summed E-state index contributed by atoms with van der Waals surface area (Å²) in [4.78, 5) is 12.1. The van der Waals surface area contributed by atoms with Gasteiger partial charge < -0.3 is 14.2 Å². The molecule has 0 aliphatic carbocycles. The lowest BCUT2D eigenvalue weighted by Gasteiger charge is -2.10. The summed E-state index contributed by atoms with van der Waals surface area (Å²) in [5, 5.41) is 8.67. The number of benzene rings is 1. The molecule has 0 radical (unpaired) electrons. The highest BCUT2D eigenvalue weighted by molar-refractivity contribution is 6.03. The quantitative estimate of drug-likeness (QED) is 0.789. The van der Waals surface area contributed by atoms with Gasteiger partial charge in [0.2, 0.25) is 0 Å².